The molecule has 3 aromatic rings. The van der Waals surface area contributed by atoms with Crippen LogP contribution in [-0.4, -0.2) is 16.8 Å². The van der Waals surface area contributed by atoms with Crippen LogP contribution in [-0.2, 0) is 10.9 Å². The molecule has 0 radical (unpaired) electrons. The van der Waals surface area contributed by atoms with E-state index in [1.54, 1.807) is 12.1 Å². The van der Waals surface area contributed by atoms with E-state index >= 15 is 0 Å². The molecule has 1 saturated heterocycles. The van der Waals surface area contributed by atoms with Crippen LogP contribution in [0, 0.1) is 0 Å². The van der Waals surface area contributed by atoms with E-state index in [2.05, 4.69) is 15.5 Å². The maximum atomic E-state index is 12.7. The molecule has 1 atom stereocenters. The molecule has 1 N–H and O–H groups in total. The lowest BCUT2D eigenvalue weighted by molar-refractivity contribution is -0.137. The van der Waals surface area contributed by atoms with Crippen molar-refractivity contribution in [3.05, 3.63) is 60.0 Å². The molecular weight excluding hydrogens is 359 g/mol. The highest BCUT2D eigenvalue weighted by Crippen LogP contribution is 2.34. The zero-order valence-electron chi connectivity index (χ0n) is 14.2. The summed E-state index contributed by atoms with van der Waals surface area (Å²) in [5.74, 6) is 0.766. The number of benzene rings is 2. The lowest BCUT2D eigenvalue weighted by atomic mass is 10.1. The number of rotatable bonds is 4. The lowest BCUT2D eigenvalue weighted by Gasteiger charge is -2.11. The van der Waals surface area contributed by atoms with E-state index in [1.165, 1.54) is 12.1 Å². The van der Waals surface area contributed by atoms with Gasteiger partial charge in [0.05, 0.1) is 16.8 Å². The molecule has 27 heavy (non-hydrogen) atoms. The Morgan fingerprint density at radius 1 is 1.00 bits per heavy atom. The molecule has 5 nitrogen and oxygen atoms in total. The number of nitrogens with zero attached hydrogens (tertiary/aromatic N) is 2. The number of hydrogen-bond donors (Lipinski definition) is 1. The zero-order valence-corrected chi connectivity index (χ0v) is 14.2. The van der Waals surface area contributed by atoms with E-state index in [4.69, 9.17) is 9.15 Å². The van der Waals surface area contributed by atoms with E-state index in [0.29, 0.717) is 35.3 Å². The Bertz CT molecular complexity index is 916. The average Bonchev–Trinajstić information content (AvgIpc) is 3.34. The molecule has 0 bridgehead atoms. The maximum Gasteiger partial charge on any atom is 0.416 e. The summed E-state index contributed by atoms with van der Waals surface area (Å²) >= 11 is 0. The van der Waals surface area contributed by atoms with Gasteiger partial charge in [0.1, 0.15) is 6.10 Å². The van der Waals surface area contributed by atoms with Crippen molar-refractivity contribution in [1.29, 1.82) is 0 Å². The summed E-state index contributed by atoms with van der Waals surface area (Å²) < 4.78 is 49.4. The minimum atomic E-state index is -4.36. The first-order valence-corrected chi connectivity index (χ1v) is 8.49. The third-order valence-corrected chi connectivity index (χ3v) is 4.29. The molecule has 2 aromatic carbocycles. The minimum absolute atomic E-state index is 0.179. The predicted molar refractivity (Wildman–Crippen MR) is 92.4 cm³/mol. The van der Waals surface area contributed by atoms with Gasteiger partial charge in [-0.15, -0.1) is 10.2 Å². The van der Waals surface area contributed by atoms with Crippen LogP contribution in [0.3, 0.4) is 0 Å². The molecule has 0 saturated carbocycles. The van der Waals surface area contributed by atoms with Crippen molar-refractivity contribution in [2.75, 3.05) is 11.9 Å². The smallest absolute Gasteiger partial charge is 0.416 e. The third-order valence-electron chi connectivity index (χ3n) is 4.29. The fraction of sp³-hybridized carbons (Fsp3) is 0.263. The summed E-state index contributed by atoms with van der Waals surface area (Å²) in [5.41, 5.74) is 1.14. The van der Waals surface area contributed by atoms with Gasteiger partial charge in [0.2, 0.25) is 11.8 Å². The quantitative estimate of drug-likeness (QED) is 0.666. The summed E-state index contributed by atoms with van der Waals surface area (Å²) in [7, 11) is 0. The second kappa shape index (κ2) is 7.03. The molecule has 140 valence electrons. The second-order valence-electron chi connectivity index (χ2n) is 6.19. The molecule has 0 spiro atoms. The number of nitrogens with one attached hydrogen (secondary N) is 1. The number of anilines is 2. The molecular formula is C19H16F3N3O2. The van der Waals surface area contributed by atoms with Gasteiger partial charge >= 0.3 is 6.18 Å². The van der Waals surface area contributed by atoms with Gasteiger partial charge in [-0.05, 0) is 49.2 Å². The fourth-order valence-corrected chi connectivity index (χ4v) is 2.92. The van der Waals surface area contributed by atoms with Crippen LogP contribution in [0.1, 0.15) is 30.4 Å². The first-order chi connectivity index (χ1) is 13.0. The number of alkyl halides is 3. The highest BCUT2D eigenvalue weighted by Gasteiger charge is 2.30. The second-order valence-corrected chi connectivity index (χ2v) is 6.19. The Balaban J connectivity index is 1.58. The van der Waals surface area contributed by atoms with Gasteiger partial charge in [-0.2, -0.15) is 13.2 Å². The van der Waals surface area contributed by atoms with Crippen molar-refractivity contribution in [1.82, 2.24) is 10.2 Å². The van der Waals surface area contributed by atoms with Crippen LogP contribution in [0.25, 0.3) is 11.5 Å². The normalized spacial score (nSPS) is 17.2. The Labute approximate surface area is 153 Å². The molecule has 0 aliphatic carbocycles. The molecule has 1 aliphatic rings. The van der Waals surface area contributed by atoms with Gasteiger partial charge in [-0.3, -0.25) is 0 Å². The van der Waals surface area contributed by atoms with E-state index < -0.39 is 11.7 Å². The zero-order chi connectivity index (χ0) is 18.9. The first-order valence-electron chi connectivity index (χ1n) is 8.49. The Morgan fingerprint density at radius 3 is 2.48 bits per heavy atom. The number of aromatic nitrogens is 2. The number of hydrogen-bond acceptors (Lipinski definition) is 5. The van der Waals surface area contributed by atoms with Crippen LogP contribution in [0.2, 0.25) is 0 Å². The molecule has 1 aliphatic heterocycles. The Kier molecular flexibility index (Phi) is 4.57. The van der Waals surface area contributed by atoms with Crippen molar-refractivity contribution in [3.63, 3.8) is 0 Å². The summed E-state index contributed by atoms with van der Waals surface area (Å²) in [6, 6.07) is 12.1. The third kappa shape index (κ3) is 3.80. The summed E-state index contributed by atoms with van der Waals surface area (Å²) in [5, 5.41) is 11.3. The van der Waals surface area contributed by atoms with E-state index in [1.807, 2.05) is 12.1 Å². The predicted octanol–water partition coefficient (Wildman–Crippen LogP) is 5.35. The van der Waals surface area contributed by atoms with Crippen LogP contribution in [0.4, 0.5) is 24.5 Å². The van der Waals surface area contributed by atoms with Crippen molar-refractivity contribution < 1.29 is 22.3 Å². The van der Waals surface area contributed by atoms with Crippen molar-refractivity contribution in [2.24, 2.45) is 0 Å². The standard InChI is InChI=1S/C19H16F3N3O2/c20-19(21,22)12-7-9-13(10-8-12)23-15-5-2-1-4-14(15)17-24-25-18(27-17)16-6-3-11-26-16/h1-2,4-5,7-10,16,23H,3,6,11H2. The topological polar surface area (TPSA) is 60.2 Å². The maximum absolute atomic E-state index is 12.7. The highest BCUT2D eigenvalue weighted by molar-refractivity contribution is 5.76. The Morgan fingerprint density at radius 2 is 1.78 bits per heavy atom. The Hall–Kier alpha value is -2.87. The van der Waals surface area contributed by atoms with Crippen LogP contribution >= 0.6 is 0 Å². The highest BCUT2D eigenvalue weighted by atomic mass is 19.4. The lowest BCUT2D eigenvalue weighted by Crippen LogP contribution is -2.04. The van der Waals surface area contributed by atoms with Crippen LogP contribution in [0.15, 0.2) is 52.9 Å². The molecule has 0 amide bonds. The first kappa shape index (κ1) is 17.5. The summed E-state index contributed by atoms with van der Waals surface area (Å²) in [6.07, 6.45) is -2.75. The summed E-state index contributed by atoms with van der Waals surface area (Å²) in [6.45, 7) is 0.675. The van der Waals surface area contributed by atoms with E-state index in [0.717, 1.165) is 25.0 Å². The molecule has 1 unspecified atom stereocenters. The summed E-state index contributed by atoms with van der Waals surface area (Å²) in [4.78, 5) is 0. The molecule has 2 heterocycles. The van der Waals surface area contributed by atoms with Crippen molar-refractivity contribution >= 4 is 11.4 Å². The van der Waals surface area contributed by atoms with Gasteiger partial charge in [0, 0.05) is 12.3 Å². The molecule has 1 aromatic heterocycles. The van der Waals surface area contributed by atoms with Crippen molar-refractivity contribution in [3.8, 4) is 11.5 Å². The van der Waals surface area contributed by atoms with E-state index in [9.17, 15) is 13.2 Å². The fourth-order valence-electron chi connectivity index (χ4n) is 2.92. The van der Waals surface area contributed by atoms with Gasteiger partial charge in [-0.1, -0.05) is 12.1 Å². The van der Waals surface area contributed by atoms with Crippen LogP contribution < -0.4 is 5.32 Å². The van der Waals surface area contributed by atoms with Crippen molar-refractivity contribution in [2.45, 2.75) is 25.1 Å². The number of halogens is 3. The number of ether oxygens (including phenoxy) is 1. The van der Waals surface area contributed by atoms with Gasteiger partial charge < -0.3 is 14.5 Å². The van der Waals surface area contributed by atoms with Crippen LogP contribution in [0.5, 0.6) is 0 Å². The molecule has 1 fully saturated rings. The van der Waals surface area contributed by atoms with Gasteiger partial charge in [0.15, 0.2) is 0 Å². The molecule has 4 rings (SSSR count). The number of para-hydroxylation sites is 1. The SMILES string of the molecule is FC(F)(F)c1ccc(Nc2ccccc2-c2nnc(C3CCCO3)o2)cc1. The molecule has 8 heteroatoms. The van der Waals surface area contributed by atoms with Gasteiger partial charge in [0.25, 0.3) is 0 Å². The largest absolute Gasteiger partial charge is 0.418 e. The monoisotopic (exact) mass is 375 g/mol. The van der Waals surface area contributed by atoms with E-state index in [-0.39, 0.29) is 6.10 Å². The minimum Gasteiger partial charge on any atom is -0.418 e. The van der Waals surface area contributed by atoms with Gasteiger partial charge in [-0.25, -0.2) is 0 Å². The average molecular weight is 375 g/mol.